The van der Waals surface area contributed by atoms with Gasteiger partial charge in [0, 0.05) is 25.0 Å². The Labute approximate surface area is 170 Å². The van der Waals surface area contributed by atoms with Crippen LogP contribution in [0.2, 0.25) is 0 Å². The monoisotopic (exact) mass is 392 g/mol. The number of esters is 1. The first-order chi connectivity index (χ1) is 14.1. The van der Waals surface area contributed by atoms with E-state index in [1.165, 1.54) is 0 Å². The standard InChI is InChI=1S/C23H24N2O4/c1-4-29-23(26)21(14-18-12-19(27-2)15-20(13-18)28-3)22-24-10-11-25(22)16-17-8-6-5-7-9-17/h5-15H,4,16H2,1-3H3/b21-14+. The molecule has 0 aliphatic carbocycles. The van der Waals surface area contributed by atoms with Crippen LogP contribution in [-0.2, 0) is 16.1 Å². The van der Waals surface area contributed by atoms with Crippen molar-refractivity contribution in [3.05, 3.63) is 77.9 Å². The molecule has 0 bridgehead atoms. The zero-order valence-electron chi connectivity index (χ0n) is 16.8. The third kappa shape index (κ3) is 5.04. The van der Waals surface area contributed by atoms with Crippen molar-refractivity contribution in [1.29, 1.82) is 0 Å². The molecule has 0 fully saturated rings. The summed E-state index contributed by atoms with van der Waals surface area (Å²) >= 11 is 0. The summed E-state index contributed by atoms with van der Waals surface area (Å²) in [7, 11) is 3.17. The quantitative estimate of drug-likeness (QED) is 0.427. The number of methoxy groups -OCH3 is 2. The largest absolute Gasteiger partial charge is 0.497 e. The van der Waals surface area contributed by atoms with E-state index in [0.29, 0.717) is 29.4 Å². The molecule has 1 heterocycles. The topological polar surface area (TPSA) is 62.6 Å². The second-order valence-electron chi connectivity index (χ2n) is 6.29. The van der Waals surface area contributed by atoms with Crippen LogP contribution in [0.5, 0.6) is 11.5 Å². The predicted molar refractivity (Wildman–Crippen MR) is 112 cm³/mol. The van der Waals surface area contributed by atoms with Gasteiger partial charge in [0.2, 0.25) is 0 Å². The summed E-state index contributed by atoms with van der Waals surface area (Å²) in [6, 6.07) is 15.4. The lowest BCUT2D eigenvalue weighted by Gasteiger charge is -2.12. The second kappa shape index (κ2) is 9.59. The van der Waals surface area contributed by atoms with Crippen LogP contribution in [-0.4, -0.2) is 36.3 Å². The molecular formula is C23H24N2O4. The minimum absolute atomic E-state index is 0.275. The van der Waals surface area contributed by atoms with E-state index in [0.717, 1.165) is 11.1 Å². The number of hydrogen-bond donors (Lipinski definition) is 0. The number of imidazole rings is 1. The molecule has 0 aliphatic rings. The van der Waals surface area contributed by atoms with E-state index in [1.54, 1.807) is 39.5 Å². The molecule has 0 N–H and O–H groups in total. The molecule has 2 aromatic carbocycles. The Bertz CT molecular complexity index is 971. The Kier molecular flexibility index (Phi) is 6.68. The molecule has 0 spiro atoms. The highest BCUT2D eigenvalue weighted by atomic mass is 16.5. The fraction of sp³-hybridized carbons (Fsp3) is 0.217. The van der Waals surface area contributed by atoms with Gasteiger partial charge in [0.05, 0.1) is 20.8 Å². The van der Waals surface area contributed by atoms with Gasteiger partial charge in [-0.25, -0.2) is 9.78 Å². The van der Waals surface area contributed by atoms with Crippen molar-refractivity contribution in [2.45, 2.75) is 13.5 Å². The number of nitrogens with zero attached hydrogens (tertiary/aromatic N) is 2. The summed E-state index contributed by atoms with van der Waals surface area (Å²) in [6.07, 6.45) is 5.27. The van der Waals surface area contributed by atoms with E-state index >= 15 is 0 Å². The average Bonchev–Trinajstić information content (AvgIpc) is 3.20. The highest BCUT2D eigenvalue weighted by Gasteiger charge is 2.19. The predicted octanol–water partition coefficient (Wildman–Crippen LogP) is 4.05. The van der Waals surface area contributed by atoms with Crippen molar-refractivity contribution in [3.8, 4) is 11.5 Å². The van der Waals surface area contributed by atoms with Crippen molar-refractivity contribution in [2.24, 2.45) is 0 Å². The Hall–Kier alpha value is -3.54. The highest BCUT2D eigenvalue weighted by molar-refractivity contribution is 6.20. The molecule has 6 heteroatoms. The van der Waals surface area contributed by atoms with Crippen LogP contribution in [0.3, 0.4) is 0 Å². The number of aromatic nitrogens is 2. The molecule has 6 nitrogen and oxygen atoms in total. The normalized spacial score (nSPS) is 11.2. The van der Waals surface area contributed by atoms with E-state index in [1.807, 2.05) is 53.2 Å². The first-order valence-electron chi connectivity index (χ1n) is 9.32. The lowest BCUT2D eigenvalue weighted by molar-refractivity contribution is -0.136. The summed E-state index contributed by atoms with van der Waals surface area (Å²) < 4.78 is 17.9. The second-order valence-corrected chi connectivity index (χ2v) is 6.29. The summed E-state index contributed by atoms with van der Waals surface area (Å²) in [5.41, 5.74) is 2.22. The van der Waals surface area contributed by atoms with E-state index in [9.17, 15) is 4.79 Å². The van der Waals surface area contributed by atoms with Gasteiger partial charge in [0.15, 0.2) is 0 Å². The minimum Gasteiger partial charge on any atom is -0.497 e. The molecule has 0 unspecified atom stereocenters. The van der Waals surface area contributed by atoms with Crippen LogP contribution in [0.4, 0.5) is 0 Å². The van der Waals surface area contributed by atoms with Gasteiger partial charge in [0.25, 0.3) is 0 Å². The number of rotatable bonds is 8. The molecule has 3 rings (SSSR count). The van der Waals surface area contributed by atoms with Crippen LogP contribution in [0.1, 0.15) is 23.9 Å². The van der Waals surface area contributed by atoms with Crippen molar-refractivity contribution < 1.29 is 19.0 Å². The summed E-state index contributed by atoms with van der Waals surface area (Å²) in [5.74, 6) is 1.36. The van der Waals surface area contributed by atoms with E-state index in [-0.39, 0.29) is 6.61 Å². The zero-order chi connectivity index (χ0) is 20.6. The minimum atomic E-state index is -0.435. The van der Waals surface area contributed by atoms with Gasteiger partial charge in [-0.05, 0) is 36.3 Å². The SMILES string of the molecule is CCOC(=O)/C(=C/c1cc(OC)cc(OC)c1)c1nccn1Cc1ccccc1. The molecule has 150 valence electrons. The average molecular weight is 392 g/mol. The molecular weight excluding hydrogens is 368 g/mol. The molecule has 0 atom stereocenters. The number of carbonyl (C=O) groups excluding carboxylic acids is 1. The maximum atomic E-state index is 12.8. The first kappa shape index (κ1) is 20.2. The van der Waals surface area contributed by atoms with E-state index in [2.05, 4.69) is 4.98 Å². The van der Waals surface area contributed by atoms with Crippen LogP contribution in [0.15, 0.2) is 60.9 Å². The van der Waals surface area contributed by atoms with Gasteiger partial charge in [-0.1, -0.05) is 30.3 Å². The van der Waals surface area contributed by atoms with Crippen LogP contribution in [0.25, 0.3) is 11.6 Å². The van der Waals surface area contributed by atoms with Crippen LogP contribution in [0, 0.1) is 0 Å². The van der Waals surface area contributed by atoms with Crippen molar-refractivity contribution in [2.75, 3.05) is 20.8 Å². The first-order valence-corrected chi connectivity index (χ1v) is 9.32. The molecule has 29 heavy (non-hydrogen) atoms. The van der Waals surface area contributed by atoms with Crippen molar-refractivity contribution in [1.82, 2.24) is 9.55 Å². The molecule has 0 aliphatic heterocycles. The number of carbonyl (C=O) groups is 1. The van der Waals surface area contributed by atoms with Crippen molar-refractivity contribution >= 4 is 17.6 Å². The maximum absolute atomic E-state index is 12.8. The Morgan fingerprint density at radius 2 is 1.76 bits per heavy atom. The lowest BCUT2D eigenvalue weighted by atomic mass is 10.1. The molecule has 0 saturated carbocycles. The third-order valence-corrected chi connectivity index (χ3v) is 4.33. The number of benzene rings is 2. The third-order valence-electron chi connectivity index (χ3n) is 4.33. The maximum Gasteiger partial charge on any atom is 0.341 e. The Balaban J connectivity index is 2.05. The summed E-state index contributed by atoms with van der Waals surface area (Å²) in [4.78, 5) is 17.2. The van der Waals surface area contributed by atoms with Gasteiger partial charge >= 0.3 is 5.97 Å². The molecule has 3 aromatic rings. The van der Waals surface area contributed by atoms with E-state index in [4.69, 9.17) is 14.2 Å². The summed E-state index contributed by atoms with van der Waals surface area (Å²) in [5, 5.41) is 0. The fourth-order valence-electron chi connectivity index (χ4n) is 2.96. The van der Waals surface area contributed by atoms with Gasteiger partial charge in [-0.3, -0.25) is 0 Å². The van der Waals surface area contributed by atoms with Gasteiger partial charge in [-0.15, -0.1) is 0 Å². The molecule has 1 aromatic heterocycles. The van der Waals surface area contributed by atoms with Crippen LogP contribution < -0.4 is 9.47 Å². The lowest BCUT2D eigenvalue weighted by Crippen LogP contribution is -2.12. The van der Waals surface area contributed by atoms with Crippen LogP contribution >= 0.6 is 0 Å². The number of hydrogen-bond acceptors (Lipinski definition) is 5. The number of ether oxygens (including phenoxy) is 3. The summed E-state index contributed by atoms with van der Waals surface area (Å²) in [6.45, 7) is 2.64. The molecule has 0 saturated heterocycles. The zero-order valence-corrected chi connectivity index (χ0v) is 16.8. The van der Waals surface area contributed by atoms with E-state index < -0.39 is 5.97 Å². The Morgan fingerprint density at radius 1 is 1.07 bits per heavy atom. The molecule has 0 amide bonds. The van der Waals surface area contributed by atoms with Gasteiger partial charge in [0.1, 0.15) is 22.9 Å². The highest BCUT2D eigenvalue weighted by Crippen LogP contribution is 2.26. The van der Waals surface area contributed by atoms with Crippen molar-refractivity contribution in [3.63, 3.8) is 0 Å². The smallest absolute Gasteiger partial charge is 0.341 e. The van der Waals surface area contributed by atoms with Gasteiger partial charge < -0.3 is 18.8 Å². The van der Waals surface area contributed by atoms with Gasteiger partial charge in [-0.2, -0.15) is 0 Å². The fourth-order valence-corrected chi connectivity index (χ4v) is 2.96. The molecule has 0 radical (unpaired) electrons. The Morgan fingerprint density at radius 3 is 2.38 bits per heavy atom.